The smallest absolute Gasteiger partial charge is 0.295 e. The van der Waals surface area contributed by atoms with Crippen LogP contribution in [0.2, 0.25) is 0 Å². The number of ether oxygens (including phenoxy) is 2. The molecule has 2 fully saturated rings. The van der Waals surface area contributed by atoms with E-state index in [1.807, 2.05) is 37.3 Å². The fraction of sp³-hybridized carbons (Fsp3) is 0.370. The molecule has 9 heteroatoms. The molecule has 2 aliphatic rings. The van der Waals surface area contributed by atoms with Crippen molar-refractivity contribution in [2.75, 3.05) is 46.5 Å². The first-order valence-electron chi connectivity index (χ1n) is 12.2. The van der Waals surface area contributed by atoms with Crippen molar-refractivity contribution in [3.63, 3.8) is 0 Å². The third-order valence-electron chi connectivity index (χ3n) is 7.10. The Morgan fingerprint density at radius 2 is 1.92 bits per heavy atom. The lowest BCUT2D eigenvalue weighted by Crippen LogP contribution is -3.14. The molecule has 1 aromatic carbocycles. The minimum atomic E-state index is -0.844. The molecule has 0 bridgehead atoms. The average molecular weight is 491 g/mol. The van der Waals surface area contributed by atoms with Crippen LogP contribution in [0.15, 0.2) is 48.2 Å². The number of carbonyl (C=O) groups excluding carboxylic acids is 2. The molecule has 1 N–H and O–H groups in total. The number of fused-ring (bicyclic) bond motifs is 1. The van der Waals surface area contributed by atoms with E-state index in [2.05, 4.69) is 4.98 Å². The fourth-order valence-corrected chi connectivity index (χ4v) is 5.22. The van der Waals surface area contributed by atoms with E-state index < -0.39 is 23.5 Å². The maximum atomic E-state index is 14.1. The molecule has 1 atom stereocenters. The number of ketones is 1. The lowest BCUT2D eigenvalue weighted by molar-refractivity contribution is -0.907. The molecule has 3 aromatic rings. The number of pyridine rings is 1. The van der Waals surface area contributed by atoms with Crippen LogP contribution in [0.1, 0.15) is 28.6 Å². The number of Topliss-reactive ketones (excluding diaryl/α,β-unsaturated/α-hetero) is 1. The molecule has 36 heavy (non-hydrogen) atoms. The summed E-state index contributed by atoms with van der Waals surface area (Å²) >= 11 is 0. The number of hydrogen-bond donors (Lipinski definition) is 1. The molecule has 9 nitrogen and oxygen atoms in total. The second-order valence-corrected chi connectivity index (χ2v) is 9.26. The van der Waals surface area contributed by atoms with Crippen molar-refractivity contribution in [1.29, 1.82) is 0 Å². The highest BCUT2D eigenvalue weighted by Gasteiger charge is 2.45. The summed E-state index contributed by atoms with van der Waals surface area (Å²) in [5, 5.41) is 14.1. The van der Waals surface area contributed by atoms with E-state index in [1.165, 1.54) is 9.80 Å². The molecular weight excluding hydrogens is 460 g/mol. The van der Waals surface area contributed by atoms with Crippen molar-refractivity contribution in [3.8, 4) is 5.75 Å². The predicted octanol–water partition coefficient (Wildman–Crippen LogP) is 0.0988. The normalized spacial score (nSPS) is 20.4. The number of aryl methyl sites for hydroxylation is 2. The number of aromatic nitrogens is 2. The number of likely N-dealkylation sites (tertiary alicyclic amines) is 1. The molecule has 1 unspecified atom stereocenters. The van der Waals surface area contributed by atoms with Crippen LogP contribution in [-0.4, -0.2) is 72.5 Å². The Bertz CT molecular complexity index is 1360. The van der Waals surface area contributed by atoms with E-state index in [-0.39, 0.29) is 5.57 Å². The Balaban J connectivity index is 1.65. The summed E-state index contributed by atoms with van der Waals surface area (Å²) in [6, 6.07) is 10.1. The van der Waals surface area contributed by atoms with E-state index in [0.717, 1.165) is 18.7 Å². The Morgan fingerprint density at radius 3 is 2.67 bits per heavy atom. The third-order valence-corrected chi connectivity index (χ3v) is 7.10. The summed E-state index contributed by atoms with van der Waals surface area (Å²) in [6.07, 6.45) is 1.76. The molecule has 1 amide bonds. The highest BCUT2D eigenvalue weighted by atomic mass is 16.5. The summed E-state index contributed by atoms with van der Waals surface area (Å²) in [5.74, 6) is -1.40. The number of morpholine rings is 1. The Labute approximate surface area is 209 Å². The van der Waals surface area contributed by atoms with Crippen molar-refractivity contribution < 1.29 is 29.1 Å². The molecule has 5 rings (SSSR count). The summed E-state index contributed by atoms with van der Waals surface area (Å²) in [5.41, 5.74) is 2.92. The number of hydrogen-bond acceptors (Lipinski definition) is 6. The van der Waals surface area contributed by atoms with Crippen LogP contribution >= 0.6 is 0 Å². The number of nitrogens with one attached hydrogen (secondary N) is 1. The number of imidazole rings is 1. The Morgan fingerprint density at radius 1 is 1.17 bits per heavy atom. The lowest BCUT2D eigenvalue weighted by atomic mass is 9.95. The van der Waals surface area contributed by atoms with Crippen LogP contribution in [-0.2, 0) is 14.3 Å². The van der Waals surface area contributed by atoms with Gasteiger partial charge in [-0.1, -0.05) is 30.0 Å². The van der Waals surface area contributed by atoms with Gasteiger partial charge < -0.3 is 28.8 Å². The zero-order valence-corrected chi connectivity index (χ0v) is 20.7. The van der Waals surface area contributed by atoms with Gasteiger partial charge in [-0.25, -0.2) is 4.98 Å². The van der Waals surface area contributed by atoms with Gasteiger partial charge >= 0.3 is 0 Å². The van der Waals surface area contributed by atoms with Crippen LogP contribution in [0.25, 0.3) is 11.4 Å². The van der Waals surface area contributed by atoms with Crippen LogP contribution in [0, 0.1) is 13.8 Å². The minimum absolute atomic E-state index is 0.0621. The monoisotopic (exact) mass is 490 g/mol. The van der Waals surface area contributed by atoms with Gasteiger partial charge in [0.15, 0.2) is 0 Å². The van der Waals surface area contributed by atoms with Gasteiger partial charge in [-0.3, -0.25) is 9.59 Å². The van der Waals surface area contributed by atoms with Crippen LogP contribution in [0.3, 0.4) is 0 Å². The Kier molecular flexibility index (Phi) is 6.51. The lowest BCUT2D eigenvalue weighted by Gasteiger charge is -2.30. The second-order valence-electron chi connectivity index (χ2n) is 9.26. The molecule has 2 saturated heterocycles. The number of carbonyl (C=O) groups is 2. The topological polar surface area (TPSA) is 101 Å². The molecule has 0 radical (unpaired) electrons. The molecular formula is C27H30N4O5. The van der Waals surface area contributed by atoms with E-state index in [4.69, 9.17) is 9.47 Å². The van der Waals surface area contributed by atoms with Gasteiger partial charge in [0.2, 0.25) is 5.78 Å². The van der Waals surface area contributed by atoms with E-state index >= 15 is 0 Å². The molecule has 4 heterocycles. The number of rotatable bonds is 6. The summed E-state index contributed by atoms with van der Waals surface area (Å²) in [6.45, 7) is 7.67. The first-order chi connectivity index (χ1) is 17.4. The number of para-hydroxylation sites is 1. The van der Waals surface area contributed by atoms with Crippen molar-refractivity contribution in [2.45, 2.75) is 19.9 Å². The van der Waals surface area contributed by atoms with Crippen molar-refractivity contribution in [3.05, 3.63) is 70.7 Å². The molecule has 0 spiro atoms. The van der Waals surface area contributed by atoms with Gasteiger partial charge in [-0.2, -0.15) is 0 Å². The molecule has 0 saturated carbocycles. The van der Waals surface area contributed by atoms with Crippen LogP contribution in [0.4, 0.5) is 0 Å². The van der Waals surface area contributed by atoms with Crippen molar-refractivity contribution in [1.82, 2.24) is 14.3 Å². The van der Waals surface area contributed by atoms with Gasteiger partial charge in [-0.05, 0) is 31.5 Å². The van der Waals surface area contributed by atoms with Crippen molar-refractivity contribution in [2.24, 2.45) is 0 Å². The zero-order chi connectivity index (χ0) is 25.4. The SMILES string of the molecule is COc1ccccc1C1/C(=C(\[O-])c2c(C)nc3c(C)cccn23)C(=O)C(=O)N1CC[NH+]1CCOCC1. The zero-order valence-electron chi connectivity index (χ0n) is 20.7. The van der Waals surface area contributed by atoms with E-state index in [9.17, 15) is 14.7 Å². The number of benzene rings is 1. The molecule has 0 aliphatic carbocycles. The van der Waals surface area contributed by atoms with Crippen molar-refractivity contribution >= 4 is 23.1 Å². The molecule has 2 aromatic heterocycles. The predicted molar refractivity (Wildman–Crippen MR) is 130 cm³/mol. The minimum Gasteiger partial charge on any atom is -0.871 e. The van der Waals surface area contributed by atoms with Gasteiger partial charge in [-0.15, -0.1) is 0 Å². The highest BCUT2D eigenvalue weighted by molar-refractivity contribution is 6.46. The first kappa shape index (κ1) is 24.0. The van der Waals surface area contributed by atoms with Gasteiger partial charge in [0, 0.05) is 17.3 Å². The van der Waals surface area contributed by atoms with Crippen LogP contribution in [0.5, 0.6) is 5.75 Å². The van der Waals surface area contributed by atoms with E-state index in [0.29, 0.717) is 54.7 Å². The van der Waals surface area contributed by atoms with Gasteiger partial charge in [0.1, 0.15) is 24.5 Å². The third kappa shape index (κ3) is 4.04. The number of methoxy groups -OCH3 is 1. The number of nitrogens with zero attached hydrogens (tertiary/aromatic N) is 3. The fourth-order valence-electron chi connectivity index (χ4n) is 5.22. The summed E-state index contributed by atoms with van der Waals surface area (Å²) in [4.78, 5) is 34.2. The van der Waals surface area contributed by atoms with Crippen LogP contribution < -0.4 is 14.7 Å². The highest BCUT2D eigenvalue weighted by Crippen LogP contribution is 2.42. The quantitative estimate of drug-likeness (QED) is 0.299. The van der Waals surface area contributed by atoms with Gasteiger partial charge in [0.25, 0.3) is 5.91 Å². The largest absolute Gasteiger partial charge is 0.871 e. The Hall–Kier alpha value is -3.69. The number of amides is 1. The maximum absolute atomic E-state index is 14.1. The standard InChI is InChI=1S/C27H30N4O5/c1-17-7-6-10-30-22(18(2)28-26(17)30)24(32)21-23(19-8-4-5-9-20(19)35-3)31(27(34)25(21)33)12-11-29-13-15-36-16-14-29/h4-10,23,32H,11-16H2,1-3H3/b24-21+. The van der Waals surface area contributed by atoms with Gasteiger partial charge in [0.05, 0.1) is 50.8 Å². The number of quaternary nitrogens is 1. The molecule has 2 aliphatic heterocycles. The first-order valence-corrected chi connectivity index (χ1v) is 12.2. The van der Waals surface area contributed by atoms with E-state index in [1.54, 1.807) is 30.7 Å². The average Bonchev–Trinajstić information content (AvgIpc) is 3.37. The summed E-state index contributed by atoms with van der Waals surface area (Å²) < 4.78 is 12.7. The maximum Gasteiger partial charge on any atom is 0.295 e. The summed E-state index contributed by atoms with van der Waals surface area (Å²) in [7, 11) is 1.54. The second kappa shape index (κ2) is 9.75. The molecule has 188 valence electrons.